The van der Waals surface area contributed by atoms with Crippen LogP contribution in [0.5, 0.6) is 0 Å². The Bertz CT molecular complexity index is 1240. The van der Waals surface area contributed by atoms with E-state index in [1.54, 1.807) is 6.20 Å². The summed E-state index contributed by atoms with van der Waals surface area (Å²) < 4.78 is 0. The third-order valence-electron chi connectivity index (χ3n) is 7.12. The number of nitrogens with one attached hydrogen (secondary N) is 1. The lowest BCUT2D eigenvalue weighted by Crippen LogP contribution is -2.47. The minimum Gasteiger partial charge on any atom is -0.383 e. The Morgan fingerprint density at radius 2 is 1.76 bits per heavy atom. The molecule has 5 rings (SSSR count). The van der Waals surface area contributed by atoms with Crippen molar-refractivity contribution in [3.8, 4) is 11.8 Å². The lowest BCUT2D eigenvalue weighted by Gasteiger charge is -2.44. The summed E-state index contributed by atoms with van der Waals surface area (Å²) in [5.74, 6) is 6.78. The smallest absolute Gasteiger partial charge is 0.253 e. The highest BCUT2D eigenvalue weighted by atomic mass is 35.5. The van der Waals surface area contributed by atoms with Gasteiger partial charge < -0.3 is 16.0 Å². The number of nitrogens with two attached hydrogens (primary N) is 1. The molecule has 5 nitrogen and oxygen atoms in total. The first-order valence-electron chi connectivity index (χ1n) is 11.5. The molecule has 0 aliphatic carbocycles. The van der Waals surface area contributed by atoms with Crippen molar-refractivity contribution in [2.45, 2.75) is 25.7 Å². The van der Waals surface area contributed by atoms with E-state index in [0.29, 0.717) is 27.4 Å². The molecule has 0 atom stereocenters. The van der Waals surface area contributed by atoms with E-state index in [1.807, 2.05) is 47.4 Å². The monoisotopic (exact) mass is 458 g/mol. The van der Waals surface area contributed by atoms with Crippen molar-refractivity contribution in [1.82, 2.24) is 15.2 Å². The van der Waals surface area contributed by atoms with E-state index in [9.17, 15) is 4.79 Å². The van der Waals surface area contributed by atoms with Crippen molar-refractivity contribution >= 4 is 34.1 Å². The highest BCUT2D eigenvalue weighted by Gasteiger charge is 2.36. The number of rotatable bonds is 1. The highest BCUT2D eigenvalue weighted by molar-refractivity contribution is 6.31. The second-order valence-corrected chi connectivity index (χ2v) is 9.56. The largest absolute Gasteiger partial charge is 0.383 e. The fraction of sp³-hybridized carbons (Fsp3) is 0.333. The van der Waals surface area contributed by atoms with Crippen molar-refractivity contribution in [2.75, 3.05) is 31.9 Å². The van der Waals surface area contributed by atoms with Crippen LogP contribution in [0.1, 0.15) is 47.2 Å². The Hall–Kier alpha value is -3.07. The first-order chi connectivity index (χ1) is 16.0. The van der Waals surface area contributed by atoms with Gasteiger partial charge in [0.15, 0.2) is 0 Å². The third kappa shape index (κ3) is 4.55. The van der Waals surface area contributed by atoms with Crippen LogP contribution in [0.15, 0.2) is 48.7 Å². The topological polar surface area (TPSA) is 71.2 Å². The average molecular weight is 459 g/mol. The number of halogens is 1. The van der Waals surface area contributed by atoms with Gasteiger partial charge >= 0.3 is 0 Å². The summed E-state index contributed by atoms with van der Waals surface area (Å²) >= 11 is 6.17. The van der Waals surface area contributed by atoms with Crippen molar-refractivity contribution in [3.05, 3.63) is 70.4 Å². The fourth-order valence-electron chi connectivity index (χ4n) is 4.99. The van der Waals surface area contributed by atoms with Crippen LogP contribution >= 0.6 is 11.6 Å². The molecule has 0 unspecified atom stereocenters. The predicted molar refractivity (Wildman–Crippen MR) is 133 cm³/mol. The molecule has 2 aromatic carbocycles. The molecule has 3 aromatic rings. The average Bonchev–Trinajstić information content (AvgIpc) is 2.84. The maximum Gasteiger partial charge on any atom is 0.253 e. The number of nitrogen functional groups attached to an aromatic ring is 1. The molecule has 1 amide bonds. The van der Waals surface area contributed by atoms with E-state index in [-0.39, 0.29) is 5.91 Å². The van der Waals surface area contributed by atoms with Crippen LogP contribution in [-0.4, -0.2) is 42.0 Å². The Morgan fingerprint density at radius 1 is 1.03 bits per heavy atom. The summed E-state index contributed by atoms with van der Waals surface area (Å²) in [6.07, 6.45) is 6.39. The van der Waals surface area contributed by atoms with Crippen LogP contribution in [0.2, 0.25) is 5.02 Å². The molecular weight excluding hydrogens is 432 g/mol. The second-order valence-electron chi connectivity index (χ2n) is 9.12. The zero-order chi connectivity index (χ0) is 22.8. The van der Waals surface area contributed by atoms with Gasteiger partial charge in [-0.15, -0.1) is 0 Å². The Balaban J connectivity index is 1.30. The number of carbonyl (C=O) groups is 1. The van der Waals surface area contributed by atoms with Gasteiger partial charge in [-0.05, 0) is 80.6 Å². The van der Waals surface area contributed by atoms with Crippen LogP contribution < -0.4 is 11.1 Å². The SMILES string of the molecule is Nc1ncc2ccc(Cl)cc2c1C#Cc1ccc(C(=O)N2CCC3(CCNCC3)CC2)cc1. The van der Waals surface area contributed by atoms with Crippen LogP contribution in [-0.2, 0) is 0 Å². The molecule has 0 radical (unpaired) electrons. The fourth-order valence-corrected chi connectivity index (χ4v) is 5.16. The van der Waals surface area contributed by atoms with Crippen LogP contribution in [0.4, 0.5) is 5.82 Å². The maximum atomic E-state index is 13.0. The minimum atomic E-state index is 0.107. The predicted octanol–water partition coefficient (Wildman–Crippen LogP) is 4.48. The summed E-state index contributed by atoms with van der Waals surface area (Å²) in [7, 11) is 0. The van der Waals surface area contributed by atoms with E-state index in [2.05, 4.69) is 22.1 Å². The van der Waals surface area contributed by atoms with Gasteiger partial charge in [-0.1, -0.05) is 29.5 Å². The van der Waals surface area contributed by atoms with Gasteiger partial charge in [0.2, 0.25) is 0 Å². The third-order valence-corrected chi connectivity index (χ3v) is 7.36. The van der Waals surface area contributed by atoms with E-state index in [1.165, 1.54) is 12.8 Å². The number of aromatic nitrogens is 1. The van der Waals surface area contributed by atoms with E-state index in [4.69, 9.17) is 17.3 Å². The number of fused-ring (bicyclic) bond motifs is 1. The molecule has 2 aliphatic heterocycles. The molecule has 2 aliphatic rings. The molecule has 3 heterocycles. The van der Waals surface area contributed by atoms with Gasteiger partial charge in [0.1, 0.15) is 5.82 Å². The molecule has 2 fully saturated rings. The minimum absolute atomic E-state index is 0.107. The molecule has 1 aromatic heterocycles. The number of likely N-dealkylation sites (tertiary alicyclic amines) is 1. The lowest BCUT2D eigenvalue weighted by atomic mass is 9.71. The van der Waals surface area contributed by atoms with E-state index in [0.717, 1.165) is 55.4 Å². The quantitative estimate of drug-likeness (QED) is 0.527. The lowest BCUT2D eigenvalue weighted by molar-refractivity contribution is 0.0495. The zero-order valence-electron chi connectivity index (χ0n) is 18.5. The summed E-state index contributed by atoms with van der Waals surface area (Å²) in [5.41, 5.74) is 8.71. The molecule has 168 valence electrons. The molecule has 6 heteroatoms. The number of amides is 1. The molecule has 0 saturated carbocycles. The molecule has 1 spiro atoms. The zero-order valence-corrected chi connectivity index (χ0v) is 19.3. The van der Waals surface area contributed by atoms with Gasteiger partial charge in [-0.3, -0.25) is 4.79 Å². The van der Waals surface area contributed by atoms with Crippen LogP contribution in [0.3, 0.4) is 0 Å². The van der Waals surface area contributed by atoms with E-state index >= 15 is 0 Å². The Kier molecular flexibility index (Phi) is 5.97. The molecule has 3 N–H and O–H groups in total. The van der Waals surface area contributed by atoms with Crippen molar-refractivity contribution in [1.29, 1.82) is 0 Å². The first-order valence-corrected chi connectivity index (χ1v) is 11.9. The number of nitrogens with zero attached hydrogens (tertiary/aromatic N) is 2. The van der Waals surface area contributed by atoms with Gasteiger partial charge in [0, 0.05) is 46.2 Å². The number of benzene rings is 2. The molecule has 0 bridgehead atoms. The van der Waals surface area contributed by atoms with Crippen LogP contribution in [0, 0.1) is 17.3 Å². The van der Waals surface area contributed by atoms with Crippen LogP contribution in [0.25, 0.3) is 10.8 Å². The number of pyridine rings is 1. The molecule has 33 heavy (non-hydrogen) atoms. The summed E-state index contributed by atoms with van der Waals surface area (Å²) in [6, 6.07) is 13.1. The van der Waals surface area contributed by atoms with Crippen molar-refractivity contribution in [2.24, 2.45) is 5.41 Å². The first kappa shape index (κ1) is 21.8. The summed E-state index contributed by atoms with van der Waals surface area (Å²) in [5, 5.41) is 5.89. The maximum absolute atomic E-state index is 13.0. The second kappa shape index (κ2) is 9.05. The number of piperidine rings is 2. The van der Waals surface area contributed by atoms with Gasteiger partial charge in [0.05, 0.1) is 5.56 Å². The van der Waals surface area contributed by atoms with Gasteiger partial charge in [-0.2, -0.15) is 0 Å². The molecular formula is C27H27ClN4O. The molecule has 2 saturated heterocycles. The normalized spacial score (nSPS) is 17.5. The summed E-state index contributed by atoms with van der Waals surface area (Å²) in [6.45, 7) is 3.89. The summed E-state index contributed by atoms with van der Waals surface area (Å²) in [4.78, 5) is 19.3. The number of carbonyl (C=O) groups excluding carboxylic acids is 1. The highest BCUT2D eigenvalue weighted by Crippen LogP contribution is 2.39. The van der Waals surface area contributed by atoms with E-state index < -0.39 is 0 Å². The number of hydrogen-bond acceptors (Lipinski definition) is 4. The Labute approximate surface area is 199 Å². The van der Waals surface area contributed by atoms with Crippen molar-refractivity contribution < 1.29 is 4.79 Å². The van der Waals surface area contributed by atoms with Crippen molar-refractivity contribution in [3.63, 3.8) is 0 Å². The van der Waals surface area contributed by atoms with Gasteiger partial charge in [0.25, 0.3) is 5.91 Å². The number of anilines is 1. The van der Waals surface area contributed by atoms with Gasteiger partial charge in [-0.25, -0.2) is 4.98 Å². The Morgan fingerprint density at radius 3 is 2.48 bits per heavy atom. The number of hydrogen-bond donors (Lipinski definition) is 2. The standard InChI is InChI=1S/C27H27ClN4O/c28-22-7-6-21-18-31-25(29)23(24(21)17-22)8-3-19-1-4-20(5-2-19)26(33)32-15-11-27(12-16-32)9-13-30-14-10-27/h1-2,4-7,17-18,30H,9-16H2,(H2,29,31).